The molecule has 0 saturated carbocycles. The lowest BCUT2D eigenvalue weighted by Crippen LogP contribution is -2.27. The van der Waals surface area contributed by atoms with Crippen LogP contribution in [0.25, 0.3) is 0 Å². The van der Waals surface area contributed by atoms with E-state index in [9.17, 15) is 14.9 Å². The highest BCUT2D eigenvalue weighted by atomic mass is 16.6. The van der Waals surface area contributed by atoms with Gasteiger partial charge in [0.15, 0.2) is 0 Å². The van der Waals surface area contributed by atoms with Crippen LogP contribution in [0.2, 0.25) is 0 Å². The quantitative estimate of drug-likeness (QED) is 0.631. The summed E-state index contributed by atoms with van der Waals surface area (Å²) in [7, 11) is 0. The molecule has 1 aromatic rings. The second-order valence-electron chi connectivity index (χ2n) is 4.26. The van der Waals surface area contributed by atoms with Crippen molar-refractivity contribution in [3.05, 3.63) is 28.4 Å². The molecule has 7 heteroatoms. The molecule has 1 aromatic heterocycles. The smallest absolute Gasteiger partial charge is 0.413 e. The normalized spacial score (nSPS) is 10.8. The Balaban J connectivity index is 2.82. The zero-order chi connectivity index (χ0) is 13.1. The average Bonchev–Trinajstić information content (AvgIpc) is 2.14. The summed E-state index contributed by atoms with van der Waals surface area (Å²) >= 11 is 0. The first-order valence-electron chi connectivity index (χ1n) is 4.89. The van der Waals surface area contributed by atoms with Crippen molar-refractivity contribution in [2.75, 3.05) is 5.32 Å². The van der Waals surface area contributed by atoms with Crippen molar-refractivity contribution in [2.24, 2.45) is 0 Å². The van der Waals surface area contributed by atoms with E-state index in [0.717, 1.165) is 0 Å². The molecule has 0 fully saturated rings. The highest BCUT2D eigenvalue weighted by Gasteiger charge is 2.20. The zero-order valence-corrected chi connectivity index (χ0v) is 9.76. The summed E-state index contributed by atoms with van der Waals surface area (Å²) in [5.74, 6) is -0.133. The van der Waals surface area contributed by atoms with E-state index in [1.54, 1.807) is 20.8 Å². The molecular formula is C10H13N3O4. The van der Waals surface area contributed by atoms with Gasteiger partial charge in [-0.3, -0.25) is 15.4 Å². The number of hydrogen-bond acceptors (Lipinski definition) is 5. The lowest BCUT2D eigenvalue weighted by Gasteiger charge is -2.19. The number of anilines is 1. The lowest BCUT2D eigenvalue weighted by atomic mass is 10.2. The third-order valence-corrected chi connectivity index (χ3v) is 1.60. The molecule has 0 bridgehead atoms. The Morgan fingerprint density at radius 1 is 1.53 bits per heavy atom. The fourth-order valence-corrected chi connectivity index (χ4v) is 1.04. The number of hydrogen-bond donors (Lipinski definition) is 1. The summed E-state index contributed by atoms with van der Waals surface area (Å²) in [4.78, 5) is 25.2. The standard InChI is InChI=1S/C10H13N3O4/c1-10(2,3)17-9(14)12-8-7(13(15)16)5-4-6-11-8/h4-6H,1-3H3,(H,11,12,14). The van der Waals surface area contributed by atoms with Crippen molar-refractivity contribution in [1.29, 1.82) is 0 Å². The third kappa shape index (κ3) is 4.06. The maximum atomic E-state index is 11.4. The number of rotatable bonds is 2. The van der Waals surface area contributed by atoms with Crippen molar-refractivity contribution in [1.82, 2.24) is 4.98 Å². The monoisotopic (exact) mass is 239 g/mol. The SMILES string of the molecule is CC(C)(C)OC(=O)Nc1ncccc1[N+](=O)[O-]. The van der Waals surface area contributed by atoms with Gasteiger partial charge in [0.2, 0.25) is 5.82 Å². The number of nitro groups is 1. The average molecular weight is 239 g/mol. The predicted octanol–water partition coefficient (Wildman–Crippen LogP) is 2.34. The molecule has 1 amide bonds. The summed E-state index contributed by atoms with van der Waals surface area (Å²) in [6.45, 7) is 5.08. The minimum atomic E-state index is -0.778. The van der Waals surface area contributed by atoms with E-state index in [1.165, 1.54) is 18.3 Å². The van der Waals surface area contributed by atoms with Crippen molar-refractivity contribution in [3.63, 3.8) is 0 Å². The maximum Gasteiger partial charge on any atom is 0.413 e. The molecule has 1 N–H and O–H groups in total. The van der Waals surface area contributed by atoms with Gasteiger partial charge in [-0.15, -0.1) is 0 Å². The van der Waals surface area contributed by atoms with Crippen LogP contribution in [0, 0.1) is 10.1 Å². The molecule has 0 aliphatic rings. The van der Waals surface area contributed by atoms with Gasteiger partial charge in [0.05, 0.1) is 4.92 Å². The Morgan fingerprint density at radius 2 is 2.18 bits per heavy atom. The molecule has 0 atom stereocenters. The molecule has 92 valence electrons. The summed E-state index contributed by atoms with van der Waals surface area (Å²) < 4.78 is 4.96. The van der Waals surface area contributed by atoms with Crippen LogP contribution in [0.5, 0.6) is 0 Å². The molecule has 0 aromatic carbocycles. The third-order valence-electron chi connectivity index (χ3n) is 1.60. The van der Waals surface area contributed by atoms with Gasteiger partial charge in [0.1, 0.15) is 5.60 Å². The molecule has 0 unspecified atom stereocenters. The molecule has 0 saturated heterocycles. The first kappa shape index (κ1) is 12.9. The molecule has 1 rings (SSSR count). The van der Waals surface area contributed by atoms with Crippen LogP contribution < -0.4 is 5.32 Å². The van der Waals surface area contributed by atoms with E-state index in [4.69, 9.17) is 4.74 Å². The number of carbonyl (C=O) groups is 1. The summed E-state index contributed by atoms with van der Waals surface area (Å²) in [5, 5.41) is 12.9. The van der Waals surface area contributed by atoms with E-state index < -0.39 is 16.6 Å². The maximum absolute atomic E-state index is 11.4. The van der Waals surface area contributed by atoms with E-state index in [1.807, 2.05) is 0 Å². The number of aromatic nitrogens is 1. The minimum Gasteiger partial charge on any atom is -0.444 e. The molecule has 0 aliphatic heterocycles. The number of nitrogens with zero attached hydrogens (tertiary/aromatic N) is 2. The first-order chi connectivity index (χ1) is 7.79. The first-order valence-corrected chi connectivity index (χ1v) is 4.89. The minimum absolute atomic E-state index is 0.133. The molecule has 7 nitrogen and oxygen atoms in total. The van der Waals surface area contributed by atoms with Gasteiger partial charge in [0, 0.05) is 12.3 Å². The number of ether oxygens (including phenoxy) is 1. The zero-order valence-electron chi connectivity index (χ0n) is 9.76. The van der Waals surface area contributed by atoms with Gasteiger partial charge < -0.3 is 4.74 Å². The van der Waals surface area contributed by atoms with Gasteiger partial charge in [-0.2, -0.15) is 0 Å². The summed E-state index contributed by atoms with van der Waals surface area (Å²) in [6.07, 6.45) is 0.569. The fourth-order valence-electron chi connectivity index (χ4n) is 1.04. The van der Waals surface area contributed by atoms with E-state index in [-0.39, 0.29) is 11.5 Å². The Hall–Kier alpha value is -2.18. The van der Waals surface area contributed by atoms with E-state index >= 15 is 0 Å². The molecular weight excluding hydrogens is 226 g/mol. The molecule has 0 aliphatic carbocycles. The van der Waals surface area contributed by atoms with Crippen LogP contribution in [0.4, 0.5) is 16.3 Å². The van der Waals surface area contributed by atoms with Crippen LogP contribution in [0.1, 0.15) is 20.8 Å². The van der Waals surface area contributed by atoms with Crippen LogP contribution in [0.3, 0.4) is 0 Å². The highest BCUT2D eigenvalue weighted by molar-refractivity contribution is 5.86. The number of pyridine rings is 1. The van der Waals surface area contributed by atoms with Crippen LogP contribution in [-0.4, -0.2) is 21.6 Å². The molecule has 1 heterocycles. The number of nitrogens with one attached hydrogen (secondary N) is 1. The fraction of sp³-hybridized carbons (Fsp3) is 0.400. The summed E-state index contributed by atoms with van der Waals surface area (Å²) in [5.41, 5.74) is -0.952. The van der Waals surface area contributed by atoms with Crippen molar-refractivity contribution in [3.8, 4) is 0 Å². The number of carbonyl (C=O) groups excluding carboxylic acids is 1. The van der Waals surface area contributed by atoms with Crippen LogP contribution in [-0.2, 0) is 4.74 Å². The Labute approximate surface area is 98.0 Å². The Morgan fingerprint density at radius 3 is 2.71 bits per heavy atom. The van der Waals surface area contributed by atoms with Crippen molar-refractivity contribution < 1.29 is 14.5 Å². The Kier molecular flexibility index (Phi) is 3.62. The molecule has 17 heavy (non-hydrogen) atoms. The largest absolute Gasteiger partial charge is 0.444 e. The van der Waals surface area contributed by atoms with Gasteiger partial charge in [-0.05, 0) is 26.8 Å². The lowest BCUT2D eigenvalue weighted by molar-refractivity contribution is -0.384. The van der Waals surface area contributed by atoms with Gasteiger partial charge >= 0.3 is 11.8 Å². The second-order valence-corrected chi connectivity index (χ2v) is 4.26. The highest BCUT2D eigenvalue weighted by Crippen LogP contribution is 2.21. The number of amides is 1. The predicted molar refractivity (Wildman–Crippen MR) is 60.7 cm³/mol. The van der Waals surface area contributed by atoms with Gasteiger partial charge in [-0.25, -0.2) is 9.78 Å². The summed E-state index contributed by atoms with van der Waals surface area (Å²) in [6, 6.07) is 2.66. The topological polar surface area (TPSA) is 94.4 Å². The Bertz CT molecular complexity index is 439. The second kappa shape index (κ2) is 4.77. The van der Waals surface area contributed by atoms with Crippen LogP contribution in [0.15, 0.2) is 18.3 Å². The van der Waals surface area contributed by atoms with Gasteiger partial charge in [-0.1, -0.05) is 0 Å². The van der Waals surface area contributed by atoms with Crippen molar-refractivity contribution >= 4 is 17.6 Å². The van der Waals surface area contributed by atoms with E-state index in [2.05, 4.69) is 10.3 Å². The molecule has 0 spiro atoms. The van der Waals surface area contributed by atoms with Crippen LogP contribution >= 0.6 is 0 Å². The molecule has 0 radical (unpaired) electrons. The van der Waals surface area contributed by atoms with Crippen molar-refractivity contribution in [2.45, 2.75) is 26.4 Å². The van der Waals surface area contributed by atoms with Gasteiger partial charge in [0.25, 0.3) is 0 Å². The van der Waals surface area contributed by atoms with E-state index in [0.29, 0.717) is 0 Å².